The minimum atomic E-state index is 0.344. The molecule has 11 heavy (non-hydrogen) atoms. The van der Waals surface area contributed by atoms with Crippen molar-refractivity contribution in [2.24, 2.45) is 0 Å². The van der Waals surface area contributed by atoms with Gasteiger partial charge in [0.25, 0.3) is 0 Å². The molecule has 0 aliphatic rings. The van der Waals surface area contributed by atoms with Crippen LogP contribution in [0.25, 0.3) is 0 Å². The third kappa shape index (κ3) is 2.26. The smallest absolute Gasteiger partial charge is 0.131 e. The average molecular weight is 345 g/mol. The molecule has 0 bridgehead atoms. The molecule has 1 aromatic carbocycles. The summed E-state index contributed by atoms with van der Waals surface area (Å²) in [5.41, 5.74) is 0. The molecule has 0 heterocycles. The molecule has 0 aliphatic carbocycles. The molecule has 0 spiro atoms. The molecular weight excluding hydrogens is 339 g/mol. The number of phenolic OH excluding ortho intramolecular Hbond substituents is 1. The maximum absolute atomic E-state index is 9.42. The minimum absolute atomic E-state index is 0.344. The molecule has 0 unspecified atom stereocenters. The van der Waals surface area contributed by atoms with E-state index in [-0.39, 0.29) is 0 Å². The number of halogens is 2. The molecule has 0 aromatic heterocycles. The molecule has 1 nitrogen and oxygen atoms in total. The van der Waals surface area contributed by atoms with Crippen molar-refractivity contribution >= 4 is 50.3 Å². The van der Waals surface area contributed by atoms with Gasteiger partial charge in [-0.25, -0.2) is 0 Å². The highest BCUT2D eigenvalue weighted by molar-refractivity contribution is 14.1. The van der Waals surface area contributed by atoms with Crippen LogP contribution in [0.15, 0.2) is 21.5 Å². The van der Waals surface area contributed by atoms with E-state index in [0.717, 1.165) is 12.9 Å². The molecule has 1 rings (SSSR count). The molecule has 0 saturated carbocycles. The van der Waals surface area contributed by atoms with Crippen LogP contribution in [0, 0.1) is 3.57 Å². The Morgan fingerprint density at radius 2 is 2.18 bits per heavy atom. The lowest BCUT2D eigenvalue weighted by molar-refractivity contribution is 0.461. The summed E-state index contributed by atoms with van der Waals surface area (Å²) >= 11 is 7.06. The molecule has 0 radical (unpaired) electrons. The van der Waals surface area contributed by atoms with E-state index in [4.69, 9.17) is 0 Å². The van der Waals surface area contributed by atoms with E-state index in [1.807, 2.05) is 12.3 Å². The van der Waals surface area contributed by atoms with Crippen molar-refractivity contribution in [2.75, 3.05) is 6.26 Å². The predicted octanol–water partition coefficient (Wildman–Crippen LogP) is 3.48. The Morgan fingerprint density at radius 3 is 2.64 bits per heavy atom. The van der Waals surface area contributed by atoms with Crippen LogP contribution in [0.3, 0.4) is 0 Å². The summed E-state index contributed by atoms with van der Waals surface area (Å²) in [5, 5.41) is 9.42. The Hall–Kier alpha value is 0.580. The number of benzene rings is 1. The summed E-state index contributed by atoms with van der Waals surface area (Å²) in [4.78, 5) is 0.939. The summed E-state index contributed by atoms with van der Waals surface area (Å²) in [6.45, 7) is 0. The van der Waals surface area contributed by atoms with E-state index in [0.29, 0.717) is 5.75 Å². The van der Waals surface area contributed by atoms with Crippen molar-refractivity contribution in [1.29, 1.82) is 0 Å². The van der Waals surface area contributed by atoms with Gasteiger partial charge >= 0.3 is 0 Å². The monoisotopic (exact) mass is 344 g/mol. The number of hydrogen-bond donors (Lipinski definition) is 1. The maximum atomic E-state index is 9.42. The van der Waals surface area contributed by atoms with E-state index in [9.17, 15) is 5.11 Å². The first kappa shape index (κ1) is 9.67. The molecule has 0 fully saturated rings. The van der Waals surface area contributed by atoms with Crippen LogP contribution in [0.5, 0.6) is 5.75 Å². The standard InChI is InChI=1S/C7H6BrIOS/c1-11-7-5(9)2-4(8)3-6(7)10/h2-3,10H,1H3. The molecule has 4 heteroatoms. The summed E-state index contributed by atoms with van der Waals surface area (Å²) in [6.07, 6.45) is 1.95. The third-order valence-electron chi connectivity index (χ3n) is 1.19. The molecule has 1 aromatic rings. The Balaban J connectivity index is 3.25. The largest absolute Gasteiger partial charge is 0.507 e. The van der Waals surface area contributed by atoms with E-state index in [2.05, 4.69) is 38.5 Å². The van der Waals surface area contributed by atoms with Crippen molar-refractivity contribution in [3.8, 4) is 5.75 Å². The van der Waals surface area contributed by atoms with Gasteiger partial charge in [0.15, 0.2) is 0 Å². The van der Waals surface area contributed by atoms with Gasteiger partial charge in [-0.15, -0.1) is 11.8 Å². The third-order valence-corrected chi connectivity index (χ3v) is 3.70. The normalized spacial score (nSPS) is 10.1. The van der Waals surface area contributed by atoms with E-state index >= 15 is 0 Å². The van der Waals surface area contributed by atoms with Gasteiger partial charge in [0.1, 0.15) is 5.75 Å². The topological polar surface area (TPSA) is 20.2 Å². The Kier molecular flexibility index (Phi) is 3.52. The zero-order valence-corrected chi connectivity index (χ0v) is 10.3. The first-order valence-corrected chi connectivity index (χ1v) is 5.97. The fourth-order valence-corrected chi connectivity index (χ4v) is 3.42. The van der Waals surface area contributed by atoms with Crippen molar-refractivity contribution in [2.45, 2.75) is 4.90 Å². The van der Waals surface area contributed by atoms with Crippen LogP contribution in [0.2, 0.25) is 0 Å². The molecule has 60 valence electrons. The highest BCUT2D eigenvalue weighted by Crippen LogP contribution is 2.34. The highest BCUT2D eigenvalue weighted by atomic mass is 127. The number of thioether (sulfide) groups is 1. The van der Waals surface area contributed by atoms with E-state index < -0.39 is 0 Å². The number of phenols is 1. The molecule has 1 N–H and O–H groups in total. The summed E-state index contributed by atoms with van der Waals surface area (Å²) in [5.74, 6) is 0.344. The lowest BCUT2D eigenvalue weighted by atomic mass is 10.3. The van der Waals surface area contributed by atoms with Crippen molar-refractivity contribution < 1.29 is 5.11 Å². The number of aromatic hydroxyl groups is 1. The summed E-state index contributed by atoms with van der Waals surface area (Å²) in [6, 6.07) is 3.68. The van der Waals surface area contributed by atoms with Crippen molar-refractivity contribution in [3.05, 3.63) is 20.2 Å². The molecular formula is C7H6BrIOS. The SMILES string of the molecule is CSc1c(O)cc(Br)cc1I. The van der Waals surface area contributed by atoms with Gasteiger partial charge in [0, 0.05) is 8.04 Å². The predicted molar refractivity (Wildman–Crippen MR) is 60.3 cm³/mol. The molecule has 0 saturated heterocycles. The van der Waals surface area contributed by atoms with Gasteiger partial charge in [-0.1, -0.05) is 15.9 Å². The maximum Gasteiger partial charge on any atom is 0.131 e. The first-order valence-electron chi connectivity index (χ1n) is 2.87. The number of rotatable bonds is 1. The minimum Gasteiger partial charge on any atom is -0.507 e. The Morgan fingerprint density at radius 1 is 1.55 bits per heavy atom. The fourth-order valence-electron chi connectivity index (χ4n) is 0.749. The zero-order valence-electron chi connectivity index (χ0n) is 5.77. The van der Waals surface area contributed by atoms with Crippen LogP contribution in [-0.4, -0.2) is 11.4 Å². The van der Waals surface area contributed by atoms with E-state index in [1.165, 1.54) is 0 Å². The number of hydrogen-bond acceptors (Lipinski definition) is 2. The quantitative estimate of drug-likeness (QED) is 0.621. The van der Waals surface area contributed by atoms with Gasteiger partial charge in [-0.05, 0) is 41.0 Å². The second-order valence-corrected chi connectivity index (χ2v) is 4.83. The molecule has 0 atom stereocenters. The van der Waals surface area contributed by atoms with Gasteiger partial charge < -0.3 is 5.11 Å². The second-order valence-electron chi connectivity index (χ2n) is 1.94. The average Bonchev–Trinajstić information content (AvgIpc) is 1.85. The zero-order chi connectivity index (χ0) is 8.43. The summed E-state index contributed by atoms with van der Waals surface area (Å²) in [7, 11) is 0. The van der Waals surface area contributed by atoms with Gasteiger partial charge in [-0.3, -0.25) is 0 Å². The van der Waals surface area contributed by atoms with Gasteiger partial charge in [0.05, 0.1) is 4.90 Å². The van der Waals surface area contributed by atoms with Gasteiger partial charge in [0.2, 0.25) is 0 Å². The van der Waals surface area contributed by atoms with Crippen LogP contribution in [-0.2, 0) is 0 Å². The van der Waals surface area contributed by atoms with Crippen LogP contribution < -0.4 is 0 Å². The second kappa shape index (κ2) is 4.00. The molecule has 0 amide bonds. The lowest BCUT2D eigenvalue weighted by Gasteiger charge is -2.03. The fraction of sp³-hybridized carbons (Fsp3) is 0.143. The lowest BCUT2D eigenvalue weighted by Crippen LogP contribution is -1.79. The van der Waals surface area contributed by atoms with Crippen molar-refractivity contribution in [3.63, 3.8) is 0 Å². The van der Waals surface area contributed by atoms with Crippen LogP contribution >= 0.6 is 50.3 Å². The van der Waals surface area contributed by atoms with Gasteiger partial charge in [-0.2, -0.15) is 0 Å². The Bertz CT molecular complexity index is 254. The van der Waals surface area contributed by atoms with E-state index in [1.54, 1.807) is 17.8 Å². The Labute approximate surface area is 91.8 Å². The van der Waals surface area contributed by atoms with Crippen LogP contribution in [0.4, 0.5) is 0 Å². The van der Waals surface area contributed by atoms with Crippen LogP contribution in [0.1, 0.15) is 0 Å². The highest BCUT2D eigenvalue weighted by Gasteiger charge is 2.05. The molecule has 0 aliphatic heterocycles. The van der Waals surface area contributed by atoms with Crippen molar-refractivity contribution in [1.82, 2.24) is 0 Å². The summed E-state index contributed by atoms with van der Waals surface area (Å²) < 4.78 is 1.99. The first-order chi connectivity index (χ1) is 5.15.